The molecule has 0 saturated heterocycles. The van der Waals surface area contributed by atoms with E-state index >= 15 is 0 Å². The molecule has 0 fully saturated rings. The van der Waals surface area contributed by atoms with Crippen LogP contribution in [0.15, 0.2) is 42.6 Å². The van der Waals surface area contributed by atoms with Crippen molar-refractivity contribution in [3.05, 3.63) is 59.1 Å². The lowest BCUT2D eigenvalue weighted by atomic mass is 10.2. The van der Waals surface area contributed by atoms with Crippen molar-refractivity contribution in [2.24, 2.45) is 0 Å². The number of aromatic nitrogens is 1. The van der Waals surface area contributed by atoms with E-state index in [1.165, 1.54) is 24.4 Å². The van der Waals surface area contributed by atoms with Gasteiger partial charge in [-0.05, 0) is 43.3 Å². The summed E-state index contributed by atoms with van der Waals surface area (Å²) in [5.74, 6) is -0.530. The minimum Gasteiger partial charge on any atom is -0.309 e. The van der Waals surface area contributed by atoms with Crippen LogP contribution in [0.4, 0.5) is 10.1 Å². The molecule has 1 aromatic carbocycles. The van der Waals surface area contributed by atoms with Crippen molar-refractivity contribution >= 4 is 23.2 Å². The van der Waals surface area contributed by atoms with Crippen LogP contribution in [0.1, 0.15) is 17.3 Å². The van der Waals surface area contributed by atoms with Gasteiger partial charge in [0.25, 0.3) is 5.91 Å². The van der Waals surface area contributed by atoms with E-state index in [9.17, 15) is 9.18 Å². The van der Waals surface area contributed by atoms with Crippen LogP contribution in [-0.4, -0.2) is 17.4 Å². The number of nitrogens with zero attached hydrogens (tertiary/aromatic N) is 2. The second-order valence-corrected chi connectivity index (χ2v) is 4.28. The molecule has 19 heavy (non-hydrogen) atoms. The van der Waals surface area contributed by atoms with E-state index in [4.69, 9.17) is 11.6 Å². The molecular weight excluding hydrogens is 267 g/mol. The van der Waals surface area contributed by atoms with Crippen LogP contribution < -0.4 is 4.90 Å². The maximum Gasteiger partial charge on any atom is 0.258 e. The average molecular weight is 279 g/mol. The van der Waals surface area contributed by atoms with Crippen LogP contribution in [0.3, 0.4) is 0 Å². The number of carbonyl (C=O) groups is 1. The maximum atomic E-state index is 12.9. The van der Waals surface area contributed by atoms with Crippen LogP contribution in [0.5, 0.6) is 0 Å². The molecule has 0 atom stereocenters. The average Bonchev–Trinajstić information content (AvgIpc) is 2.41. The first-order valence-corrected chi connectivity index (χ1v) is 6.18. The molecule has 0 aliphatic rings. The van der Waals surface area contributed by atoms with Gasteiger partial charge in [-0.2, -0.15) is 0 Å². The van der Waals surface area contributed by atoms with Crippen molar-refractivity contribution in [2.75, 3.05) is 11.4 Å². The first-order valence-electron chi connectivity index (χ1n) is 5.81. The van der Waals surface area contributed by atoms with Crippen LogP contribution in [-0.2, 0) is 0 Å². The Labute approximate surface area is 115 Å². The fourth-order valence-corrected chi connectivity index (χ4v) is 1.93. The Hall–Kier alpha value is -1.94. The van der Waals surface area contributed by atoms with Crippen molar-refractivity contribution < 1.29 is 9.18 Å². The Balaban J connectivity index is 2.31. The number of carbonyl (C=O) groups excluding carboxylic acids is 1. The first kappa shape index (κ1) is 13.5. The topological polar surface area (TPSA) is 33.2 Å². The highest BCUT2D eigenvalue weighted by Gasteiger charge is 2.16. The monoisotopic (exact) mass is 278 g/mol. The second-order valence-electron chi connectivity index (χ2n) is 3.89. The third-order valence-electron chi connectivity index (χ3n) is 2.67. The zero-order valence-electron chi connectivity index (χ0n) is 10.3. The lowest BCUT2D eigenvalue weighted by Gasteiger charge is -2.21. The summed E-state index contributed by atoms with van der Waals surface area (Å²) < 4.78 is 12.9. The summed E-state index contributed by atoms with van der Waals surface area (Å²) in [6.07, 6.45) is 1.48. The highest BCUT2D eigenvalue weighted by molar-refractivity contribution is 6.29. The van der Waals surface area contributed by atoms with Gasteiger partial charge >= 0.3 is 0 Å². The molecule has 0 aliphatic carbocycles. The third kappa shape index (κ3) is 3.09. The molecule has 1 heterocycles. The van der Waals surface area contributed by atoms with Crippen molar-refractivity contribution in [3.8, 4) is 0 Å². The predicted molar refractivity (Wildman–Crippen MR) is 73.0 cm³/mol. The van der Waals surface area contributed by atoms with Gasteiger partial charge in [-0.3, -0.25) is 4.79 Å². The molecule has 0 N–H and O–H groups in total. The second kappa shape index (κ2) is 5.80. The summed E-state index contributed by atoms with van der Waals surface area (Å²) in [6.45, 7) is 2.33. The maximum absolute atomic E-state index is 12.9. The Morgan fingerprint density at radius 1 is 1.32 bits per heavy atom. The zero-order chi connectivity index (χ0) is 13.8. The molecule has 2 aromatic rings. The van der Waals surface area contributed by atoms with Gasteiger partial charge in [-0.1, -0.05) is 11.6 Å². The van der Waals surface area contributed by atoms with Crippen molar-refractivity contribution in [1.82, 2.24) is 4.98 Å². The number of hydrogen-bond donors (Lipinski definition) is 0. The van der Waals surface area contributed by atoms with E-state index in [-0.39, 0.29) is 16.9 Å². The normalized spacial score (nSPS) is 10.3. The predicted octanol–water partition coefficient (Wildman–Crippen LogP) is 3.54. The number of hydrogen-bond acceptors (Lipinski definition) is 2. The van der Waals surface area contributed by atoms with Gasteiger partial charge in [0.15, 0.2) is 0 Å². The van der Waals surface area contributed by atoms with Crippen molar-refractivity contribution in [2.45, 2.75) is 6.92 Å². The van der Waals surface area contributed by atoms with Gasteiger partial charge < -0.3 is 4.90 Å². The Kier molecular flexibility index (Phi) is 4.12. The number of anilines is 1. The molecule has 1 amide bonds. The SMILES string of the molecule is CCN(C(=O)c1ccnc(Cl)c1)c1ccc(F)cc1. The summed E-state index contributed by atoms with van der Waals surface area (Å²) in [5, 5.41) is 0.265. The van der Waals surface area contributed by atoms with Gasteiger partial charge in [-0.25, -0.2) is 9.37 Å². The molecule has 5 heteroatoms. The quantitative estimate of drug-likeness (QED) is 0.805. The van der Waals surface area contributed by atoms with Crippen LogP contribution in [0.25, 0.3) is 0 Å². The summed E-state index contributed by atoms with van der Waals surface area (Å²) >= 11 is 5.77. The molecule has 0 unspecified atom stereocenters. The largest absolute Gasteiger partial charge is 0.309 e. The van der Waals surface area contributed by atoms with E-state index in [2.05, 4.69) is 4.98 Å². The van der Waals surface area contributed by atoms with E-state index in [0.717, 1.165) is 0 Å². The Bertz CT molecular complexity index is 586. The number of rotatable bonds is 3. The van der Waals surface area contributed by atoms with Crippen molar-refractivity contribution in [3.63, 3.8) is 0 Å². The van der Waals surface area contributed by atoms with E-state index in [1.54, 1.807) is 23.1 Å². The van der Waals surface area contributed by atoms with E-state index in [1.807, 2.05) is 6.92 Å². The van der Waals surface area contributed by atoms with Gasteiger partial charge in [0.1, 0.15) is 11.0 Å². The Morgan fingerprint density at radius 2 is 2.00 bits per heavy atom. The van der Waals surface area contributed by atoms with Crippen molar-refractivity contribution in [1.29, 1.82) is 0 Å². The molecule has 0 aliphatic heterocycles. The lowest BCUT2D eigenvalue weighted by molar-refractivity contribution is 0.0988. The molecule has 2 rings (SSSR count). The number of benzene rings is 1. The molecule has 1 aromatic heterocycles. The summed E-state index contributed by atoms with van der Waals surface area (Å²) in [5.41, 5.74) is 1.09. The highest BCUT2D eigenvalue weighted by atomic mass is 35.5. The standard InChI is InChI=1S/C14H12ClFN2O/c1-2-18(12-5-3-11(16)4-6-12)14(19)10-7-8-17-13(15)9-10/h3-9H,2H2,1H3. The number of amides is 1. The van der Waals surface area contributed by atoms with Crippen LogP contribution >= 0.6 is 11.6 Å². The molecule has 98 valence electrons. The molecule has 3 nitrogen and oxygen atoms in total. The smallest absolute Gasteiger partial charge is 0.258 e. The molecule has 0 saturated carbocycles. The molecular formula is C14H12ClFN2O. The lowest BCUT2D eigenvalue weighted by Crippen LogP contribution is -2.30. The number of halogens is 2. The summed E-state index contributed by atoms with van der Waals surface area (Å²) in [6, 6.07) is 8.89. The fraction of sp³-hybridized carbons (Fsp3) is 0.143. The molecule has 0 radical (unpaired) electrons. The minimum atomic E-state index is -0.334. The summed E-state index contributed by atoms with van der Waals surface area (Å²) in [7, 11) is 0. The van der Waals surface area contributed by atoms with Crippen LogP contribution in [0.2, 0.25) is 5.15 Å². The minimum absolute atomic E-state index is 0.196. The van der Waals surface area contributed by atoms with E-state index < -0.39 is 0 Å². The van der Waals surface area contributed by atoms with E-state index in [0.29, 0.717) is 17.8 Å². The van der Waals surface area contributed by atoms with Gasteiger partial charge in [0, 0.05) is 24.0 Å². The summed E-state index contributed by atoms with van der Waals surface area (Å²) in [4.78, 5) is 17.7. The highest BCUT2D eigenvalue weighted by Crippen LogP contribution is 2.18. The van der Waals surface area contributed by atoms with Gasteiger partial charge in [0.2, 0.25) is 0 Å². The molecule has 0 spiro atoms. The number of pyridine rings is 1. The first-order chi connectivity index (χ1) is 9.11. The zero-order valence-corrected chi connectivity index (χ0v) is 11.1. The van der Waals surface area contributed by atoms with Crippen LogP contribution in [0, 0.1) is 5.82 Å². The van der Waals surface area contributed by atoms with Gasteiger partial charge in [-0.15, -0.1) is 0 Å². The fourth-order valence-electron chi connectivity index (χ4n) is 1.76. The third-order valence-corrected chi connectivity index (χ3v) is 2.88. The molecule has 0 bridgehead atoms. The van der Waals surface area contributed by atoms with Gasteiger partial charge in [0.05, 0.1) is 0 Å². The Morgan fingerprint density at radius 3 is 2.58 bits per heavy atom.